The molecule has 1 saturated heterocycles. The van der Waals surface area contributed by atoms with Gasteiger partial charge >= 0.3 is 6.18 Å². The van der Waals surface area contributed by atoms with Gasteiger partial charge in [0, 0.05) is 0 Å². The zero-order chi connectivity index (χ0) is 15.1. The Morgan fingerprint density at radius 2 is 2.00 bits per heavy atom. The van der Waals surface area contributed by atoms with E-state index in [1.807, 2.05) is 0 Å². The van der Waals surface area contributed by atoms with Crippen LogP contribution in [0.5, 0.6) is 0 Å². The van der Waals surface area contributed by atoms with Crippen molar-refractivity contribution in [3.8, 4) is 0 Å². The van der Waals surface area contributed by atoms with Crippen molar-refractivity contribution in [1.82, 2.24) is 14.8 Å². The van der Waals surface area contributed by atoms with Crippen molar-refractivity contribution in [2.45, 2.75) is 36.8 Å². The highest BCUT2D eigenvalue weighted by molar-refractivity contribution is 4.94. The Morgan fingerprint density at radius 1 is 1.35 bits per heavy atom. The van der Waals surface area contributed by atoms with Gasteiger partial charge in [0.25, 0.3) is 0 Å². The summed E-state index contributed by atoms with van der Waals surface area (Å²) in [5.41, 5.74) is 0. The van der Waals surface area contributed by atoms with Gasteiger partial charge in [0.15, 0.2) is 12.1 Å². The van der Waals surface area contributed by atoms with Crippen LogP contribution >= 0.6 is 0 Å². The molecule has 0 bridgehead atoms. The number of aliphatic hydroxyl groups is 4. The second kappa shape index (κ2) is 5.26. The van der Waals surface area contributed by atoms with E-state index < -0.39 is 49.3 Å². The summed E-state index contributed by atoms with van der Waals surface area (Å²) < 4.78 is 42.6. The van der Waals surface area contributed by atoms with E-state index in [0.29, 0.717) is 0 Å². The molecular weight excluding hydrogens is 287 g/mol. The second-order valence-electron chi connectivity index (χ2n) is 4.26. The lowest BCUT2D eigenvalue weighted by atomic mass is 10.1. The Bertz CT molecular complexity index is 468. The Labute approximate surface area is 110 Å². The summed E-state index contributed by atoms with van der Waals surface area (Å²) in [6.07, 6.45) is -12.3. The zero-order valence-electron chi connectivity index (χ0n) is 9.84. The van der Waals surface area contributed by atoms with Gasteiger partial charge in [-0.2, -0.15) is 18.3 Å². The molecule has 0 saturated carbocycles. The number of ether oxygens (including phenoxy) is 1. The first-order chi connectivity index (χ1) is 9.25. The van der Waals surface area contributed by atoms with Crippen molar-refractivity contribution in [3.63, 3.8) is 0 Å². The third-order valence-corrected chi connectivity index (χ3v) is 2.86. The molecule has 0 aromatic carbocycles. The van der Waals surface area contributed by atoms with E-state index in [1.54, 1.807) is 0 Å². The summed E-state index contributed by atoms with van der Waals surface area (Å²) in [5, 5.41) is 40.4. The van der Waals surface area contributed by atoms with Gasteiger partial charge in [-0.15, -0.1) is 0 Å². The lowest BCUT2D eigenvalue weighted by Gasteiger charge is -2.14. The second-order valence-corrected chi connectivity index (χ2v) is 4.26. The standard InChI is InChI=1S/C9H12F3N3O5/c10-9(11,12)6(19)7-13-2-15(14-7)8-5(18)4(17)3(1-16)20-8/h2-6,8,16-19H,1H2/t3-,4+,5?,6?,8-/m1/s1. The van der Waals surface area contributed by atoms with Crippen LogP contribution in [-0.4, -0.2) is 66.3 Å². The van der Waals surface area contributed by atoms with Crippen LogP contribution in [0.1, 0.15) is 18.2 Å². The Hall–Kier alpha value is -1.27. The van der Waals surface area contributed by atoms with Crippen molar-refractivity contribution >= 4 is 0 Å². The van der Waals surface area contributed by atoms with Crippen LogP contribution in [0.3, 0.4) is 0 Å². The molecule has 1 aliphatic heterocycles. The molecular formula is C9H12F3N3O5. The van der Waals surface area contributed by atoms with Crippen molar-refractivity contribution < 1.29 is 38.3 Å². The molecule has 1 aromatic rings. The maximum Gasteiger partial charge on any atom is 0.421 e. The largest absolute Gasteiger partial charge is 0.421 e. The summed E-state index contributed by atoms with van der Waals surface area (Å²) in [7, 11) is 0. The minimum atomic E-state index is -4.92. The molecule has 0 spiro atoms. The van der Waals surface area contributed by atoms with E-state index in [0.717, 1.165) is 11.0 Å². The summed E-state index contributed by atoms with van der Waals surface area (Å²) in [6, 6.07) is 0. The van der Waals surface area contributed by atoms with Crippen molar-refractivity contribution in [2.75, 3.05) is 6.61 Å². The van der Waals surface area contributed by atoms with Gasteiger partial charge in [0.1, 0.15) is 24.6 Å². The third-order valence-electron chi connectivity index (χ3n) is 2.86. The van der Waals surface area contributed by atoms with Gasteiger partial charge in [-0.3, -0.25) is 0 Å². The number of aromatic nitrogens is 3. The van der Waals surface area contributed by atoms with Crippen molar-refractivity contribution in [3.05, 3.63) is 12.2 Å². The van der Waals surface area contributed by atoms with Crippen LogP contribution < -0.4 is 0 Å². The molecule has 2 rings (SSSR count). The molecule has 0 amide bonds. The zero-order valence-corrected chi connectivity index (χ0v) is 9.84. The monoisotopic (exact) mass is 299 g/mol. The topological polar surface area (TPSA) is 121 Å². The molecule has 0 radical (unpaired) electrons. The summed E-state index contributed by atoms with van der Waals surface area (Å²) in [4.78, 5) is 3.28. The quantitative estimate of drug-likeness (QED) is 0.535. The lowest BCUT2D eigenvalue weighted by Crippen LogP contribution is -2.33. The molecule has 2 unspecified atom stereocenters. The maximum atomic E-state index is 12.3. The SMILES string of the molecule is OC[C@H]1O[C@@H](n2cnc(C(O)C(F)(F)F)n2)C(O)[C@H]1O. The smallest absolute Gasteiger partial charge is 0.394 e. The molecule has 1 fully saturated rings. The third kappa shape index (κ3) is 2.62. The van der Waals surface area contributed by atoms with Gasteiger partial charge in [-0.25, -0.2) is 9.67 Å². The lowest BCUT2D eigenvalue weighted by molar-refractivity contribution is -0.209. The minimum absolute atomic E-state index is 0.582. The van der Waals surface area contributed by atoms with Crippen LogP contribution in [0, 0.1) is 0 Å². The fourth-order valence-electron chi connectivity index (χ4n) is 1.78. The van der Waals surface area contributed by atoms with E-state index in [2.05, 4.69) is 10.1 Å². The first-order valence-corrected chi connectivity index (χ1v) is 5.54. The molecule has 114 valence electrons. The van der Waals surface area contributed by atoms with Crippen LogP contribution in [0.15, 0.2) is 6.33 Å². The number of hydrogen-bond donors (Lipinski definition) is 4. The number of aliphatic hydroxyl groups excluding tert-OH is 4. The fourth-order valence-corrected chi connectivity index (χ4v) is 1.78. The van der Waals surface area contributed by atoms with E-state index in [-0.39, 0.29) is 0 Å². The highest BCUT2D eigenvalue weighted by atomic mass is 19.4. The van der Waals surface area contributed by atoms with E-state index in [1.165, 1.54) is 0 Å². The predicted octanol–water partition coefficient (Wildman–Crippen LogP) is -1.51. The van der Waals surface area contributed by atoms with Crippen LogP contribution in [0.25, 0.3) is 0 Å². The van der Waals surface area contributed by atoms with Crippen LogP contribution in [0.4, 0.5) is 13.2 Å². The van der Waals surface area contributed by atoms with Gasteiger partial charge in [0.05, 0.1) is 6.61 Å². The first kappa shape index (κ1) is 15.1. The molecule has 20 heavy (non-hydrogen) atoms. The fraction of sp³-hybridized carbons (Fsp3) is 0.778. The van der Waals surface area contributed by atoms with Crippen LogP contribution in [-0.2, 0) is 4.74 Å². The van der Waals surface area contributed by atoms with Gasteiger partial charge in [0.2, 0.25) is 6.10 Å². The Kier molecular flexibility index (Phi) is 3.97. The molecule has 2 heterocycles. The number of alkyl halides is 3. The normalized spacial score (nSPS) is 32.5. The molecule has 11 heteroatoms. The number of rotatable bonds is 3. The number of halogens is 3. The predicted molar refractivity (Wildman–Crippen MR) is 54.0 cm³/mol. The van der Waals surface area contributed by atoms with Crippen LogP contribution in [0.2, 0.25) is 0 Å². The first-order valence-electron chi connectivity index (χ1n) is 5.54. The highest BCUT2D eigenvalue weighted by Crippen LogP contribution is 2.32. The summed E-state index contributed by atoms with van der Waals surface area (Å²) in [5.74, 6) is -0.907. The summed E-state index contributed by atoms with van der Waals surface area (Å²) in [6.45, 7) is -0.582. The number of nitrogens with zero attached hydrogens (tertiary/aromatic N) is 3. The van der Waals surface area contributed by atoms with Crippen molar-refractivity contribution in [2.24, 2.45) is 0 Å². The number of hydrogen-bond acceptors (Lipinski definition) is 7. The van der Waals surface area contributed by atoms with Gasteiger partial charge in [-0.1, -0.05) is 0 Å². The van der Waals surface area contributed by atoms with E-state index >= 15 is 0 Å². The molecule has 0 aliphatic carbocycles. The van der Waals surface area contributed by atoms with Gasteiger partial charge in [-0.05, 0) is 0 Å². The highest BCUT2D eigenvalue weighted by Gasteiger charge is 2.45. The Balaban J connectivity index is 2.18. The van der Waals surface area contributed by atoms with Gasteiger partial charge < -0.3 is 25.2 Å². The molecule has 4 N–H and O–H groups in total. The maximum absolute atomic E-state index is 12.3. The average molecular weight is 299 g/mol. The van der Waals surface area contributed by atoms with E-state index in [9.17, 15) is 23.4 Å². The molecule has 8 nitrogen and oxygen atoms in total. The molecule has 5 atom stereocenters. The minimum Gasteiger partial charge on any atom is -0.394 e. The Morgan fingerprint density at radius 3 is 2.50 bits per heavy atom. The summed E-state index contributed by atoms with van der Waals surface area (Å²) >= 11 is 0. The average Bonchev–Trinajstić information content (AvgIpc) is 2.95. The molecule has 1 aliphatic rings. The van der Waals surface area contributed by atoms with Crippen molar-refractivity contribution in [1.29, 1.82) is 0 Å². The molecule has 1 aromatic heterocycles. The van der Waals surface area contributed by atoms with E-state index in [4.69, 9.17) is 14.9 Å².